The standard InChI is InChI=1S/C10H14N2O2/c1-8(13)12-10-6-4-3-5-9(10)7-11-14-2/h3-6,11H,7H2,1-2H3,(H,12,13). The van der Waals surface area contributed by atoms with Gasteiger partial charge in [-0.05, 0) is 11.6 Å². The smallest absolute Gasteiger partial charge is 0.221 e. The van der Waals surface area contributed by atoms with Crippen LogP contribution in [0.15, 0.2) is 24.3 Å². The van der Waals surface area contributed by atoms with Gasteiger partial charge in [0.05, 0.1) is 7.11 Å². The summed E-state index contributed by atoms with van der Waals surface area (Å²) in [5.41, 5.74) is 4.53. The van der Waals surface area contributed by atoms with Crippen molar-refractivity contribution in [3.63, 3.8) is 0 Å². The topological polar surface area (TPSA) is 50.4 Å². The van der Waals surface area contributed by atoms with E-state index in [0.717, 1.165) is 11.3 Å². The fourth-order valence-corrected chi connectivity index (χ4v) is 1.14. The number of carbonyl (C=O) groups is 1. The molecule has 0 aliphatic heterocycles. The Labute approximate surface area is 83.2 Å². The Morgan fingerprint density at radius 1 is 1.43 bits per heavy atom. The van der Waals surface area contributed by atoms with Gasteiger partial charge in [-0.25, -0.2) is 0 Å². The maximum absolute atomic E-state index is 10.9. The maximum atomic E-state index is 10.9. The molecule has 1 amide bonds. The predicted octanol–water partition coefficient (Wildman–Crippen LogP) is 1.30. The molecule has 76 valence electrons. The molecule has 4 nitrogen and oxygen atoms in total. The van der Waals surface area contributed by atoms with E-state index in [2.05, 4.69) is 10.8 Å². The van der Waals surface area contributed by atoms with Gasteiger partial charge in [0.1, 0.15) is 0 Å². The lowest BCUT2D eigenvalue weighted by Crippen LogP contribution is -2.14. The number of nitrogens with one attached hydrogen (secondary N) is 2. The molecule has 0 bridgehead atoms. The molecule has 0 aliphatic carbocycles. The average molecular weight is 194 g/mol. The molecule has 1 rings (SSSR count). The molecular weight excluding hydrogens is 180 g/mol. The Kier molecular flexibility index (Phi) is 4.10. The number of anilines is 1. The number of amides is 1. The van der Waals surface area contributed by atoms with E-state index in [0.29, 0.717) is 6.54 Å². The molecule has 0 spiro atoms. The molecule has 0 fully saturated rings. The summed E-state index contributed by atoms with van der Waals surface area (Å²) in [5, 5.41) is 2.75. The minimum atomic E-state index is -0.0742. The van der Waals surface area contributed by atoms with Crippen LogP contribution < -0.4 is 10.8 Å². The van der Waals surface area contributed by atoms with Crippen molar-refractivity contribution in [2.24, 2.45) is 0 Å². The lowest BCUT2D eigenvalue weighted by Gasteiger charge is -2.09. The first-order valence-electron chi connectivity index (χ1n) is 4.35. The monoisotopic (exact) mass is 194 g/mol. The van der Waals surface area contributed by atoms with Gasteiger partial charge in [0, 0.05) is 19.2 Å². The van der Waals surface area contributed by atoms with Crippen LogP contribution in [-0.4, -0.2) is 13.0 Å². The SMILES string of the molecule is CONCc1ccccc1NC(C)=O. The summed E-state index contributed by atoms with van der Waals surface area (Å²) in [4.78, 5) is 15.6. The molecule has 2 N–H and O–H groups in total. The van der Waals surface area contributed by atoms with Gasteiger partial charge in [-0.15, -0.1) is 0 Å². The Morgan fingerprint density at radius 2 is 2.14 bits per heavy atom. The zero-order valence-corrected chi connectivity index (χ0v) is 8.33. The highest BCUT2D eigenvalue weighted by atomic mass is 16.6. The van der Waals surface area contributed by atoms with E-state index in [1.54, 1.807) is 7.11 Å². The van der Waals surface area contributed by atoms with Crippen LogP contribution in [0.5, 0.6) is 0 Å². The zero-order valence-electron chi connectivity index (χ0n) is 8.33. The Balaban J connectivity index is 2.74. The summed E-state index contributed by atoms with van der Waals surface area (Å²) in [6, 6.07) is 7.57. The fraction of sp³-hybridized carbons (Fsp3) is 0.300. The number of rotatable bonds is 4. The molecule has 14 heavy (non-hydrogen) atoms. The van der Waals surface area contributed by atoms with Crippen molar-refractivity contribution in [1.82, 2.24) is 5.48 Å². The van der Waals surface area contributed by atoms with Crippen molar-refractivity contribution >= 4 is 11.6 Å². The highest BCUT2D eigenvalue weighted by molar-refractivity contribution is 5.89. The first-order chi connectivity index (χ1) is 6.74. The van der Waals surface area contributed by atoms with Gasteiger partial charge in [-0.1, -0.05) is 18.2 Å². The van der Waals surface area contributed by atoms with Crippen molar-refractivity contribution in [2.45, 2.75) is 13.5 Å². The summed E-state index contributed by atoms with van der Waals surface area (Å²) in [6.07, 6.45) is 0. The summed E-state index contributed by atoms with van der Waals surface area (Å²) >= 11 is 0. The van der Waals surface area contributed by atoms with Gasteiger partial charge in [-0.2, -0.15) is 5.48 Å². The normalized spacial score (nSPS) is 9.86. The quantitative estimate of drug-likeness (QED) is 0.710. The van der Waals surface area contributed by atoms with Gasteiger partial charge < -0.3 is 10.2 Å². The minimum absolute atomic E-state index is 0.0742. The molecule has 4 heteroatoms. The van der Waals surface area contributed by atoms with Crippen LogP contribution in [0.25, 0.3) is 0 Å². The molecule has 0 aliphatic rings. The predicted molar refractivity (Wildman–Crippen MR) is 54.6 cm³/mol. The Bertz CT molecular complexity index is 313. The number of hydrogen-bond acceptors (Lipinski definition) is 3. The molecule has 0 unspecified atom stereocenters. The number of hydrogen-bond donors (Lipinski definition) is 2. The number of carbonyl (C=O) groups excluding carboxylic acids is 1. The zero-order chi connectivity index (χ0) is 10.4. The summed E-state index contributed by atoms with van der Waals surface area (Å²) in [7, 11) is 1.56. The largest absolute Gasteiger partial charge is 0.326 e. The van der Waals surface area contributed by atoms with Gasteiger partial charge >= 0.3 is 0 Å². The lowest BCUT2D eigenvalue weighted by molar-refractivity contribution is -0.114. The van der Waals surface area contributed by atoms with Gasteiger partial charge in [0.25, 0.3) is 0 Å². The summed E-state index contributed by atoms with van der Waals surface area (Å²) < 4.78 is 0. The summed E-state index contributed by atoms with van der Waals surface area (Å²) in [6.45, 7) is 2.05. The molecule has 0 saturated carbocycles. The first kappa shape index (κ1) is 10.7. The van der Waals surface area contributed by atoms with Crippen LogP contribution in [0.1, 0.15) is 12.5 Å². The van der Waals surface area contributed by atoms with Crippen LogP contribution in [0.4, 0.5) is 5.69 Å². The minimum Gasteiger partial charge on any atom is -0.326 e. The van der Waals surface area contributed by atoms with E-state index in [4.69, 9.17) is 4.84 Å². The maximum Gasteiger partial charge on any atom is 0.221 e. The molecule has 0 saturated heterocycles. The number of para-hydroxylation sites is 1. The van der Waals surface area contributed by atoms with Crippen molar-refractivity contribution in [3.05, 3.63) is 29.8 Å². The van der Waals surface area contributed by atoms with Gasteiger partial charge in [-0.3, -0.25) is 4.79 Å². The van der Waals surface area contributed by atoms with Crippen molar-refractivity contribution < 1.29 is 9.63 Å². The molecule has 0 heterocycles. The van der Waals surface area contributed by atoms with Crippen LogP contribution in [0.2, 0.25) is 0 Å². The van der Waals surface area contributed by atoms with Crippen LogP contribution in [0, 0.1) is 0 Å². The second kappa shape index (κ2) is 5.36. The van der Waals surface area contributed by atoms with E-state index in [1.165, 1.54) is 6.92 Å². The third-order valence-electron chi connectivity index (χ3n) is 1.74. The highest BCUT2D eigenvalue weighted by Crippen LogP contribution is 2.14. The Morgan fingerprint density at radius 3 is 2.79 bits per heavy atom. The van der Waals surface area contributed by atoms with E-state index in [-0.39, 0.29) is 5.91 Å². The van der Waals surface area contributed by atoms with Crippen molar-refractivity contribution in [2.75, 3.05) is 12.4 Å². The lowest BCUT2D eigenvalue weighted by atomic mass is 10.2. The van der Waals surface area contributed by atoms with E-state index >= 15 is 0 Å². The first-order valence-corrected chi connectivity index (χ1v) is 4.35. The van der Waals surface area contributed by atoms with E-state index in [9.17, 15) is 4.79 Å². The molecule has 1 aromatic rings. The molecule has 0 radical (unpaired) electrons. The summed E-state index contributed by atoms with van der Waals surface area (Å²) in [5.74, 6) is -0.0742. The second-order valence-electron chi connectivity index (χ2n) is 2.86. The molecular formula is C10H14N2O2. The Hall–Kier alpha value is -1.39. The number of hydroxylamine groups is 1. The third-order valence-corrected chi connectivity index (χ3v) is 1.74. The second-order valence-corrected chi connectivity index (χ2v) is 2.86. The number of benzene rings is 1. The van der Waals surface area contributed by atoms with Crippen LogP contribution in [0.3, 0.4) is 0 Å². The van der Waals surface area contributed by atoms with Crippen LogP contribution in [-0.2, 0) is 16.2 Å². The fourth-order valence-electron chi connectivity index (χ4n) is 1.14. The van der Waals surface area contributed by atoms with E-state index in [1.807, 2.05) is 24.3 Å². The van der Waals surface area contributed by atoms with E-state index < -0.39 is 0 Å². The van der Waals surface area contributed by atoms with Gasteiger partial charge in [0.15, 0.2) is 0 Å². The average Bonchev–Trinajstić information content (AvgIpc) is 2.16. The molecule has 0 aromatic heterocycles. The van der Waals surface area contributed by atoms with Crippen LogP contribution >= 0.6 is 0 Å². The molecule has 1 aromatic carbocycles. The molecule has 0 atom stereocenters. The van der Waals surface area contributed by atoms with Crippen molar-refractivity contribution in [3.8, 4) is 0 Å². The van der Waals surface area contributed by atoms with Gasteiger partial charge in [0.2, 0.25) is 5.91 Å². The highest BCUT2D eigenvalue weighted by Gasteiger charge is 2.01. The third kappa shape index (κ3) is 3.16. The van der Waals surface area contributed by atoms with Crippen molar-refractivity contribution in [1.29, 1.82) is 0 Å².